The molecule has 3 aromatic carbocycles. The Morgan fingerprint density at radius 2 is 1.59 bits per heavy atom. The molecule has 0 radical (unpaired) electrons. The number of halogens is 3. The van der Waals surface area contributed by atoms with Crippen molar-refractivity contribution >= 4 is 21.7 Å². The summed E-state index contributed by atoms with van der Waals surface area (Å²) in [6.07, 6.45) is -3.53. The van der Waals surface area contributed by atoms with E-state index in [1.807, 2.05) is 0 Å². The molecule has 0 aliphatic carbocycles. The van der Waals surface area contributed by atoms with Gasteiger partial charge in [-0.15, -0.1) is 0 Å². The molecular formula is C22H13F3O4. The number of hydrogen-bond acceptors (Lipinski definition) is 4. The van der Waals surface area contributed by atoms with Crippen LogP contribution in [0.25, 0.3) is 32.9 Å². The highest BCUT2D eigenvalue weighted by molar-refractivity contribution is 6.10. The molecule has 0 saturated carbocycles. The van der Waals surface area contributed by atoms with Gasteiger partial charge in [-0.05, 0) is 23.6 Å². The van der Waals surface area contributed by atoms with E-state index in [1.165, 1.54) is 18.2 Å². The molecule has 1 aliphatic heterocycles. The highest BCUT2D eigenvalue weighted by atomic mass is 19.4. The minimum Gasteiger partial charge on any atom is -0.486 e. The summed E-state index contributed by atoms with van der Waals surface area (Å²) in [7, 11) is 0. The maximum absolute atomic E-state index is 13.5. The van der Waals surface area contributed by atoms with E-state index in [-0.39, 0.29) is 22.1 Å². The molecule has 0 spiro atoms. The van der Waals surface area contributed by atoms with Crippen LogP contribution in [0, 0.1) is 0 Å². The second-order valence-electron chi connectivity index (χ2n) is 6.65. The van der Waals surface area contributed by atoms with Gasteiger partial charge in [0.1, 0.15) is 25.1 Å². The molecule has 146 valence electrons. The Labute approximate surface area is 162 Å². The summed E-state index contributed by atoms with van der Waals surface area (Å²) >= 11 is 0. The van der Waals surface area contributed by atoms with E-state index >= 15 is 0 Å². The molecule has 1 aromatic heterocycles. The lowest BCUT2D eigenvalue weighted by Gasteiger charge is -2.20. The van der Waals surface area contributed by atoms with E-state index in [4.69, 9.17) is 13.9 Å². The Hall–Kier alpha value is -3.48. The number of rotatable bonds is 1. The Balaban J connectivity index is 1.89. The first-order valence-corrected chi connectivity index (χ1v) is 8.88. The molecule has 1 aliphatic rings. The van der Waals surface area contributed by atoms with E-state index in [0.717, 1.165) is 12.3 Å². The molecule has 4 aromatic rings. The molecule has 0 fully saturated rings. The van der Waals surface area contributed by atoms with Crippen molar-refractivity contribution in [3.8, 4) is 22.6 Å². The van der Waals surface area contributed by atoms with E-state index in [9.17, 15) is 18.0 Å². The summed E-state index contributed by atoms with van der Waals surface area (Å²) in [6.45, 7) is 0.687. The van der Waals surface area contributed by atoms with Crippen molar-refractivity contribution in [1.82, 2.24) is 0 Å². The minimum atomic E-state index is -4.60. The first kappa shape index (κ1) is 17.6. The molecule has 5 rings (SSSR count). The normalized spacial score (nSPS) is 13.8. The summed E-state index contributed by atoms with van der Waals surface area (Å²) in [6, 6.07) is 11.9. The van der Waals surface area contributed by atoms with Crippen LogP contribution in [-0.2, 0) is 6.18 Å². The molecule has 29 heavy (non-hydrogen) atoms. The van der Waals surface area contributed by atoms with Crippen LogP contribution in [0.3, 0.4) is 0 Å². The lowest BCUT2D eigenvalue weighted by Crippen LogP contribution is -2.16. The van der Waals surface area contributed by atoms with E-state index in [0.29, 0.717) is 35.5 Å². The highest BCUT2D eigenvalue weighted by Gasteiger charge is 2.34. The van der Waals surface area contributed by atoms with Crippen LogP contribution in [0.4, 0.5) is 13.2 Å². The van der Waals surface area contributed by atoms with E-state index in [2.05, 4.69) is 0 Å². The topological polar surface area (TPSA) is 48.7 Å². The third-order valence-corrected chi connectivity index (χ3v) is 4.95. The van der Waals surface area contributed by atoms with Gasteiger partial charge in [0, 0.05) is 10.9 Å². The molecule has 0 atom stereocenters. The Bertz CT molecular complexity index is 1320. The maximum atomic E-state index is 13.5. The monoisotopic (exact) mass is 398 g/mol. The molecule has 0 amide bonds. The fourth-order valence-corrected chi connectivity index (χ4v) is 3.69. The summed E-state index contributed by atoms with van der Waals surface area (Å²) in [4.78, 5) is 13.4. The molecule has 0 saturated heterocycles. The molecule has 0 bridgehead atoms. The van der Waals surface area contributed by atoms with Gasteiger partial charge in [-0.2, -0.15) is 13.2 Å². The van der Waals surface area contributed by atoms with Gasteiger partial charge in [0.05, 0.1) is 16.5 Å². The zero-order valence-electron chi connectivity index (χ0n) is 14.9. The van der Waals surface area contributed by atoms with E-state index < -0.39 is 17.2 Å². The molecular weight excluding hydrogens is 385 g/mol. The van der Waals surface area contributed by atoms with Gasteiger partial charge in [-0.25, -0.2) is 0 Å². The van der Waals surface area contributed by atoms with Crippen LogP contribution in [-0.4, -0.2) is 13.2 Å². The quantitative estimate of drug-likeness (QED) is 0.403. The SMILES string of the molecule is O=c1c(-c2ccccc2C(F)(F)F)coc2ccc3ccc4c(c3c12)OCCO4. The Morgan fingerprint density at radius 1 is 0.828 bits per heavy atom. The van der Waals surface area contributed by atoms with Crippen LogP contribution in [0.1, 0.15) is 5.56 Å². The van der Waals surface area contributed by atoms with Crippen molar-refractivity contribution in [3.05, 3.63) is 70.6 Å². The first-order valence-electron chi connectivity index (χ1n) is 8.88. The van der Waals surface area contributed by atoms with Gasteiger partial charge < -0.3 is 13.9 Å². The van der Waals surface area contributed by atoms with Crippen LogP contribution in [0.2, 0.25) is 0 Å². The molecule has 0 unspecified atom stereocenters. The molecule has 0 N–H and O–H groups in total. The van der Waals surface area contributed by atoms with Crippen molar-refractivity contribution in [2.45, 2.75) is 6.18 Å². The number of hydrogen-bond donors (Lipinski definition) is 0. The zero-order chi connectivity index (χ0) is 20.2. The smallest absolute Gasteiger partial charge is 0.417 e. The fraction of sp³-hybridized carbons (Fsp3) is 0.136. The summed E-state index contributed by atoms with van der Waals surface area (Å²) in [5, 5.41) is 1.34. The lowest BCUT2D eigenvalue weighted by molar-refractivity contribution is -0.137. The van der Waals surface area contributed by atoms with Crippen molar-refractivity contribution in [3.63, 3.8) is 0 Å². The molecule has 7 heteroatoms. The number of fused-ring (bicyclic) bond motifs is 5. The molecule has 2 heterocycles. The van der Waals surface area contributed by atoms with Gasteiger partial charge in [-0.3, -0.25) is 4.79 Å². The predicted octanol–water partition coefficient (Wildman–Crippen LogP) is 5.40. The first-order chi connectivity index (χ1) is 13.9. The van der Waals surface area contributed by atoms with Crippen LogP contribution < -0.4 is 14.9 Å². The predicted molar refractivity (Wildman–Crippen MR) is 101 cm³/mol. The van der Waals surface area contributed by atoms with Gasteiger partial charge in [-0.1, -0.05) is 30.3 Å². The lowest BCUT2D eigenvalue weighted by atomic mass is 9.97. The van der Waals surface area contributed by atoms with Gasteiger partial charge >= 0.3 is 6.18 Å². The number of alkyl halides is 3. The number of ether oxygens (including phenoxy) is 2. The molecule has 4 nitrogen and oxygen atoms in total. The minimum absolute atomic E-state index is 0.160. The van der Waals surface area contributed by atoms with Crippen molar-refractivity contribution in [2.24, 2.45) is 0 Å². The van der Waals surface area contributed by atoms with E-state index in [1.54, 1.807) is 24.3 Å². The average molecular weight is 398 g/mol. The van der Waals surface area contributed by atoms with Crippen LogP contribution in [0.15, 0.2) is 64.0 Å². The van der Waals surface area contributed by atoms with Crippen molar-refractivity contribution in [2.75, 3.05) is 13.2 Å². The number of benzene rings is 3. The third-order valence-electron chi connectivity index (χ3n) is 4.95. The van der Waals surface area contributed by atoms with Crippen LogP contribution in [0.5, 0.6) is 11.5 Å². The second-order valence-corrected chi connectivity index (χ2v) is 6.65. The Morgan fingerprint density at radius 3 is 2.41 bits per heavy atom. The third kappa shape index (κ3) is 2.73. The highest BCUT2D eigenvalue weighted by Crippen LogP contribution is 2.41. The average Bonchev–Trinajstić information content (AvgIpc) is 2.73. The summed E-state index contributed by atoms with van der Waals surface area (Å²) in [5.74, 6) is 0.879. The maximum Gasteiger partial charge on any atom is 0.417 e. The Kier molecular flexibility index (Phi) is 3.81. The largest absolute Gasteiger partial charge is 0.486 e. The zero-order valence-corrected chi connectivity index (χ0v) is 14.9. The van der Waals surface area contributed by atoms with Crippen molar-refractivity contribution in [1.29, 1.82) is 0 Å². The standard InChI is InChI=1S/C22H13F3O4/c23-22(24,25)15-4-2-1-3-13(15)14-11-29-16-7-5-12-6-8-17-21(28-10-9-27-17)18(12)19(16)20(14)26/h1-8,11H,9-10H2. The fourth-order valence-electron chi connectivity index (χ4n) is 3.69. The summed E-state index contributed by atoms with van der Waals surface area (Å²) < 4.78 is 57.4. The summed E-state index contributed by atoms with van der Waals surface area (Å²) in [5.41, 5.74) is -1.58. The van der Waals surface area contributed by atoms with Gasteiger partial charge in [0.25, 0.3) is 0 Å². The van der Waals surface area contributed by atoms with Crippen molar-refractivity contribution < 1.29 is 27.1 Å². The second kappa shape index (κ2) is 6.27. The van der Waals surface area contributed by atoms with Gasteiger partial charge in [0.2, 0.25) is 5.43 Å². The van der Waals surface area contributed by atoms with Crippen LogP contribution >= 0.6 is 0 Å². The van der Waals surface area contributed by atoms with Gasteiger partial charge in [0.15, 0.2) is 11.5 Å².